The van der Waals surface area contributed by atoms with Crippen molar-refractivity contribution in [3.8, 4) is 22.4 Å². The number of hydrogen-bond donors (Lipinski definition) is 2. The number of carbonyl (C=O) groups excluding carboxylic acids is 1. The first-order valence-electron chi connectivity index (χ1n) is 12.2. The van der Waals surface area contributed by atoms with Gasteiger partial charge in [0.05, 0.1) is 17.8 Å². The van der Waals surface area contributed by atoms with Crippen LogP contribution >= 0.6 is 0 Å². The Balaban J connectivity index is 1.42. The van der Waals surface area contributed by atoms with Crippen molar-refractivity contribution in [1.29, 1.82) is 0 Å². The Bertz CT molecular complexity index is 1790. The number of nitrogens with two attached hydrogens (primary N) is 1. The minimum absolute atomic E-state index is 0.200. The molecule has 0 atom stereocenters. The molecule has 9 heteroatoms. The molecule has 0 aliphatic heterocycles. The van der Waals surface area contributed by atoms with E-state index in [4.69, 9.17) is 10.8 Å². The van der Waals surface area contributed by atoms with E-state index in [9.17, 15) is 4.79 Å². The number of fused-ring (bicyclic) bond motifs is 2. The second-order valence-electron chi connectivity index (χ2n) is 9.34. The maximum Gasteiger partial charge on any atom is 0.321 e. The molecule has 6 rings (SSSR count). The molecule has 0 saturated carbocycles. The van der Waals surface area contributed by atoms with Crippen LogP contribution < -0.4 is 11.1 Å². The van der Waals surface area contributed by atoms with E-state index in [-0.39, 0.29) is 6.03 Å². The maximum absolute atomic E-state index is 12.2. The van der Waals surface area contributed by atoms with Crippen molar-refractivity contribution >= 4 is 34.0 Å². The van der Waals surface area contributed by atoms with Crippen molar-refractivity contribution in [3.05, 3.63) is 97.0 Å². The first-order chi connectivity index (χ1) is 18.5. The van der Waals surface area contributed by atoms with Gasteiger partial charge in [-0.2, -0.15) is 10.2 Å². The fourth-order valence-electron chi connectivity index (χ4n) is 4.57. The number of aromatic nitrogens is 5. The molecule has 0 aliphatic rings. The van der Waals surface area contributed by atoms with Crippen LogP contribution in [0.1, 0.15) is 5.56 Å². The number of nitrogens with zero attached hydrogens (tertiary/aromatic N) is 6. The van der Waals surface area contributed by atoms with Crippen molar-refractivity contribution < 1.29 is 4.79 Å². The van der Waals surface area contributed by atoms with Crippen LogP contribution in [-0.4, -0.2) is 49.4 Å². The lowest BCUT2D eigenvalue weighted by Gasteiger charge is -2.12. The third-order valence-electron chi connectivity index (χ3n) is 6.45. The minimum Gasteiger partial charge on any atom is -0.382 e. The highest BCUT2D eigenvalue weighted by Crippen LogP contribution is 2.36. The second-order valence-corrected chi connectivity index (χ2v) is 9.34. The molecule has 188 valence electrons. The van der Waals surface area contributed by atoms with Gasteiger partial charge < -0.3 is 16.0 Å². The van der Waals surface area contributed by atoms with Crippen molar-refractivity contribution in [2.75, 3.05) is 25.1 Å². The first kappa shape index (κ1) is 23.2. The van der Waals surface area contributed by atoms with Crippen LogP contribution in [0.5, 0.6) is 0 Å². The number of hydrogen-bond acceptors (Lipinski definition) is 5. The van der Waals surface area contributed by atoms with Gasteiger partial charge in [-0.05, 0) is 35.4 Å². The highest BCUT2D eigenvalue weighted by Gasteiger charge is 2.18. The molecule has 3 aromatic carbocycles. The molecule has 0 bridgehead atoms. The van der Waals surface area contributed by atoms with Crippen molar-refractivity contribution in [3.63, 3.8) is 0 Å². The van der Waals surface area contributed by atoms with E-state index in [0.29, 0.717) is 23.6 Å². The van der Waals surface area contributed by atoms with Gasteiger partial charge in [0.25, 0.3) is 0 Å². The SMILES string of the molecule is CN(C)C(=O)Nc1cccc(-c2cc(-c3ccc4cn(Cc5ccccc5)nc4c3)c3c(N)ncnn23)c1. The molecule has 9 nitrogen and oxygen atoms in total. The van der Waals surface area contributed by atoms with E-state index >= 15 is 0 Å². The zero-order chi connectivity index (χ0) is 26.2. The van der Waals surface area contributed by atoms with E-state index in [1.54, 1.807) is 18.6 Å². The summed E-state index contributed by atoms with van der Waals surface area (Å²) in [6, 6.07) is 26.0. The highest BCUT2D eigenvalue weighted by molar-refractivity contribution is 5.95. The van der Waals surface area contributed by atoms with E-state index in [2.05, 4.69) is 58.0 Å². The van der Waals surface area contributed by atoms with Gasteiger partial charge in [-0.15, -0.1) is 0 Å². The second kappa shape index (κ2) is 9.36. The summed E-state index contributed by atoms with van der Waals surface area (Å²) in [6.45, 7) is 0.700. The van der Waals surface area contributed by atoms with E-state index in [0.717, 1.165) is 33.3 Å². The van der Waals surface area contributed by atoms with Crippen LogP contribution in [0, 0.1) is 0 Å². The van der Waals surface area contributed by atoms with Crippen LogP contribution in [0.15, 0.2) is 91.4 Å². The number of benzene rings is 3. The van der Waals surface area contributed by atoms with E-state index in [1.165, 1.54) is 16.8 Å². The van der Waals surface area contributed by atoms with Crippen molar-refractivity contribution in [2.45, 2.75) is 6.54 Å². The maximum atomic E-state index is 12.2. The van der Waals surface area contributed by atoms with Gasteiger partial charge in [-0.3, -0.25) is 4.68 Å². The number of anilines is 2. The molecule has 3 aromatic heterocycles. The monoisotopic (exact) mass is 502 g/mol. The van der Waals surface area contributed by atoms with Crippen molar-refractivity contribution in [2.24, 2.45) is 0 Å². The quantitative estimate of drug-likeness (QED) is 0.340. The average molecular weight is 503 g/mol. The van der Waals surface area contributed by atoms with Gasteiger partial charge in [0.2, 0.25) is 0 Å². The van der Waals surface area contributed by atoms with Crippen LogP contribution in [0.25, 0.3) is 38.8 Å². The van der Waals surface area contributed by atoms with Gasteiger partial charge >= 0.3 is 6.03 Å². The number of carbonyl (C=O) groups is 1. The van der Waals surface area contributed by atoms with Gasteiger partial charge in [0.15, 0.2) is 5.82 Å². The molecule has 0 aliphatic carbocycles. The summed E-state index contributed by atoms with van der Waals surface area (Å²) in [4.78, 5) is 17.9. The molecule has 3 heterocycles. The molecule has 0 unspecified atom stereocenters. The summed E-state index contributed by atoms with van der Waals surface area (Å²) in [5.41, 5.74) is 13.4. The summed E-state index contributed by atoms with van der Waals surface area (Å²) < 4.78 is 3.75. The van der Waals surface area contributed by atoms with Crippen LogP contribution in [0.3, 0.4) is 0 Å². The predicted octanol–water partition coefficient (Wildman–Crippen LogP) is 5.14. The van der Waals surface area contributed by atoms with Gasteiger partial charge in [-0.1, -0.05) is 54.6 Å². The summed E-state index contributed by atoms with van der Waals surface area (Å²) >= 11 is 0. The van der Waals surface area contributed by atoms with E-state index < -0.39 is 0 Å². The Labute approximate surface area is 219 Å². The summed E-state index contributed by atoms with van der Waals surface area (Å²) in [7, 11) is 3.40. The third kappa shape index (κ3) is 4.30. The average Bonchev–Trinajstić information content (AvgIpc) is 3.51. The minimum atomic E-state index is -0.200. The Morgan fingerprint density at radius 2 is 1.82 bits per heavy atom. The lowest BCUT2D eigenvalue weighted by atomic mass is 10.0. The Morgan fingerprint density at radius 3 is 2.63 bits per heavy atom. The molecule has 0 spiro atoms. The number of nitrogens with one attached hydrogen (secondary N) is 1. The predicted molar refractivity (Wildman–Crippen MR) is 150 cm³/mol. The Hall–Kier alpha value is -5.18. The zero-order valence-electron chi connectivity index (χ0n) is 21.0. The molecule has 0 saturated heterocycles. The molecule has 2 amide bonds. The zero-order valence-corrected chi connectivity index (χ0v) is 21.0. The van der Waals surface area contributed by atoms with Gasteiger partial charge in [-0.25, -0.2) is 14.3 Å². The van der Waals surface area contributed by atoms with E-state index in [1.807, 2.05) is 47.1 Å². The standard InChI is InChI=1S/C29H26N8O/c1-35(2)29(38)33-23-10-6-9-21(13-23)26-15-24(27-28(30)31-18-32-37(26)27)20-11-12-22-17-36(34-25(22)14-20)16-19-7-4-3-5-8-19/h3-15,17-18H,16H2,1-2H3,(H,33,38)(H2,30,31,32). The number of amides is 2. The summed E-state index contributed by atoms with van der Waals surface area (Å²) in [5, 5.41) is 13.3. The lowest BCUT2D eigenvalue weighted by molar-refractivity contribution is 0.230. The number of nitrogen functional groups attached to an aromatic ring is 1. The van der Waals surface area contributed by atoms with Crippen molar-refractivity contribution in [1.82, 2.24) is 29.3 Å². The molecular weight excluding hydrogens is 476 g/mol. The topological polar surface area (TPSA) is 106 Å². The molecule has 3 N–H and O–H groups in total. The van der Waals surface area contributed by atoms with Crippen LogP contribution in [0.4, 0.5) is 16.3 Å². The highest BCUT2D eigenvalue weighted by atomic mass is 16.2. The fraction of sp³-hybridized carbons (Fsp3) is 0.103. The van der Waals surface area contributed by atoms with Gasteiger partial charge in [0.1, 0.15) is 11.8 Å². The largest absolute Gasteiger partial charge is 0.382 e. The Morgan fingerprint density at radius 1 is 0.974 bits per heavy atom. The molecule has 6 aromatic rings. The summed E-state index contributed by atoms with van der Waals surface area (Å²) in [5.74, 6) is 0.382. The third-order valence-corrected chi connectivity index (χ3v) is 6.45. The summed E-state index contributed by atoms with van der Waals surface area (Å²) in [6.07, 6.45) is 3.50. The molecule has 0 fully saturated rings. The fourth-order valence-corrected chi connectivity index (χ4v) is 4.57. The van der Waals surface area contributed by atoms with Crippen LogP contribution in [0.2, 0.25) is 0 Å². The van der Waals surface area contributed by atoms with Gasteiger partial charge in [0, 0.05) is 42.5 Å². The Kier molecular flexibility index (Phi) is 5.72. The number of rotatable bonds is 5. The lowest BCUT2D eigenvalue weighted by Crippen LogP contribution is -2.27. The smallest absolute Gasteiger partial charge is 0.321 e. The van der Waals surface area contributed by atoms with Crippen LogP contribution in [-0.2, 0) is 6.54 Å². The molecular formula is C29H26N8O. The normalized spacial score (nSPS) is 11.2. The first-order valence-corrected chi connectivity index (χ1v) is 12.2. The molecule has 0 radical (unpaired) electrons. The number of urea groups is 1. The molecule has 38 heavy (non-hydrogen) atoms.